The number of hydrogen-bond acceptors (Lipinski definition) is 48. The molecule has 18 unspecified atom stereocenters. The molecule has 9 heterocycles. The zero-order valence-electron chi connectivity index (χ0n) is 86.2. The maximum atomic E-state index is 13.6. The predicted molar refractivity (Wildman–Crippen MR) is 517 cm³/mol. The van der Waals surface area contributed by atoms with Crippen LogP contribution in [-0.4, -0.2) is 509 Å². The van der Waals surface area contributed by atoms with Crippen LogP contribution in [0.2, 0.25) is 0 Å². The van der Waals surface area contributed by atoms with Crippen LogP contribution >= 0.6 is 0 Å². The fourth-order valence-corrected chi connectivity index (χ4v) is 20.2. The summed E-state index contributed by atoms with van der Waals surface area (Å²) >= 11 is 0. The summed E-state index contributed by atoms with van der Waals surface area (Å²) in [4.78, 5) is 25.9. The summed E-state index contributed by atoms with van der Waals surface area (Å²) < 4.78 is 105. The average Bonchev–Trinajstić information content (AvgIpc) is 0.725. The van der Waals surface area contributed by atoms with Gasteiger partial charge in [-0.3, -0.25) is 9.59 Å². The Morgan fingerprint density at radius 3 is 0.787 bits per heavy atom. The molecule has 50 nitrogen and oxygen atoms in total. The van der Waals surface area contributed by atoms with Gasteiger partial charge in [0, 0.05) is 13.3 Å². The fraction of sp³-hybridized carbons (Fsp3) is 0.940. The summed E-state index contributed by atoms with van der Waals surface area (Å²) in [6.45, 7) is -4.82. The lowest BCUT2D eigenvalue weighted by Gasteiger charge is -2.50. The zero-order chi connectivity index (χ0) is 109. The maximum Gasteiger partial charge on any atom is 0.220 e. The van der Waals surface area contributed by atoms with E-state index in [4.69, 9.17) is 85.3 Å². The second-order valence-corrected chi connectivity index (χ2v) is 40.8. The molecule has 9 aliphatic rings. The number of nitrogens with one attached hydrogen (secondary N) is 2. The quantitative estimate of drug-likeness (QED) is 0.0199. The molecule has 0 aliphatic carbocycles. The van der Waals surface area contributed by atoms with Crippen LogP contribution in [0.5, 0.6) is 0 Å². The van der Waals surface area contributed by atoms with Crippen molar-refractivity contribution in [1.82, 2.24) is 10.6 Å². The van der Waals surface area contributed by atoms with Crippen LogP contribution in [0.25, 0.3) is 0 Å². The number of ether oxygens (including phenoxy) is 18. The van der Waals surface area contributed by atoms with Crippen LogP contribution in [0.3, 0.4) is 0 Å². The van der Waals surface area contributed by atoms with E-state index in [2.05, 4.69) is 36.6 Å². The minimum absolute atomic E-state index is 0.151. The Morgan fingerprint density at radius 1 is 0.260 bits per heavy atom. The summed E-state index contributed by atoms with van der Waals surface area (Å²) in [6, 6.07) is -2.75. The van der Waals surface area contributed by atoms with Gasteiger partial charge in [-0.1, -0.05) is 205 Å². The van der Waals surface area contributed by atoms with Gasteiger partial charge in [0.05, 0.1) is 78.2 Å². The Kier molecular flexibility index (Phi) is 58.9. The molecular formula is C100H178N2O48. The van der Waals surface area contributed by atoms with Crippen LogP contribution < -0.4 is 10.6 Å². The number of aliphatic hydroxyl groups excluding tert-OH is 28. The molecule has 50 heteroatoms. The summed E-state index contributed by atoms with van der Waals surface area (Å²) in [5, 5.41) is 321. The SMILES string of the molecule is CCCCCCCC/C=C\CCCCCCCCCCCCCCCC(=O)N[C@@H](CO[C@@H]1OC(CO)[C@@H](O[C@@H]2OC(CO)[C@H](O[C@@H]3OC(CO)[C@H](O)[C@H](O[C@H]4OC(CO)[C@H](O)[C@H](O[C@H]5OC(CO)[C@H](O)[C@H](O[C@H]6OC(CO)[C@H](O)[C@H](O[C@H]7OC(CO)[C@H](O)[C@H](O[C@H]8OC(CO)[C@H](O)[C@H](O[C@@H]9OC(CO)[C@H](O)[C@H](O)C9NC(C)=O)C8O)C7O)C6O)C5O)C4O)C3O)[C@H](O)C2O)[C@H](O)C1O)[C@H](O)/C=C/CCCCCCCCCCCCC. The van der Waals surface area contributed by atoms with Crippen LogP contribution in [-0.2, 0) is 94.9 Å². The van der Waals surface area contributed by atoms with E-state index in [0.29, 0.717) is 12.8 Å². The van der Waals surface area contributed by atoms with Gasteiger partial charge in [0.1, 0.15) is 220 Å². The van der Waals surface area contributed by atoms with Gasteiger partial charge in [-0.05, 0) is 44.9 Å². The van der Waals surface area contributed by atoms with E-state index in [1.807, 2.05) is 6.08 Å². The third kappa shape index (κ3) is 37.1. The Bertz CT molecular complexity index is 3680. The van der Waals surface area contributed by atoms with Crippen molar-refractivity contribution < 1.29 is 238 Å². The molecule has 0 aromatic heterocycles. The van der Waals surface area contributed by atoms with Crippen LogP contribution in [0.1, 0.15) is 239 Å². The van der Waals surface area contributed by atoms with Crippen molar-refractivity contribution in [3.8, 4) is 0 Å². The van der Waals surface area contributed by atoms with Crippen molar-refractivity contribution in [2.45, 2.75) is 528 Å². The van der Waals surface area contributed by atoms with Gasteiger partial charge in [0.2, 0.25) is 11.8 Å². The van der Waals surface area contributed by atoms with Crippen molar-refractivity contribution in [2.24, 2.45) is 0 Å². The van der Waals surface area contributed by atoms with Crippen molar-refractivity contribution in [3.05, 3.63) is 24.3 Å². The highest BCUT2D eigenvalue weighted by Crippen LogP contribution is 2.42. The minimum atomic E-state index is -2.45. The summed E-state index contributed by atoms with van der Waals surface area (Å²) in [5.74, 6) is -1.16. The maximum absolute atomic E-state index is 13.6. The first-order chi connectivity index (χ1) is 72.1. The second kappa shape index (κ2) is 68.0. The van der Waals surface area contributed by atoms with E-state index < -0.39 is 360 Å². The van der Waals surface area contributed by atoms with E-state index in [1.165, 1.54) is 135 Å². The Morgan fingerprint density at radius 2 is 0.493 bits per heavy atom. The molecule has 0 aromatic carbocycles. The van der Waals surface area contributed by atoms with Crippen molar-refractivity contribution in [3.63, 3.8) is 0 Å². The molecule has 0 radical (unpaired) electrons. The molecule has 30 N–H and O–H groups in total. The smallest absolute Gasteiger partial charge is 0.220 e. The van der Waals surface area contributed by atoms with Crippen LogP contribution in [0.15, 0.2) is 24.3 Å². The van der Waals surface area contributed by atoms with Gasteiger partial charge >= 0.3 is 0 Å². The molecule has 0 bridgehead atoms. The molecule has 0 spiro atoms. The standard InChI is InChI=1S/C100H178N2O48/c1-4-6-8-10-12-14-16-18-19-20-21-22-23-24-25-26-27-29-31-33-35-37-39-41-64(114)102-53(54(113)40-38-36-34-32-30-28-17-15-13-11-9-7-5-2)51-133-93-76(125)74(123)84(62(49-110)141-93)143-94-77(126)75(124)85(63(50-111)142-94)144-95-79(128)87(68(117)57(44-105)135-95)146-97-81(130)89(70(119)59(46-107)137-97)148-99-83(132)91(72(121)61(48-109)139-99)150-100-82(131)90(71(120)60(47-108)140-100)149-98-80(129)88(69(118)58(45-106)138-98)147-96-78(127)86(67(116)56(43-104)136-96)145-92-65(101-52(3)112)73(122)66(115)55(42-103)134-92/h18-19,38,40,53-63,65-100,103-111,113,115-132H,4-17,20-37,39,41-51H2,1-3H3,(H,101,112)(H,102,114)/b19-18-,40-38+/t53-,54+,55?,56?,57?,58?,59?,60?,61?,62?,63?,65?,66-,67-,68-,69-,70-,71-,72-,73+,74+,75+,76?,77?,78?,79?,80?,81?,82?,83?,84+,85-,86-,87-,88-,89-,90-,91-,92-,93+,94-,95-,96+,97+,98+,99+,100+/m0/s1. The first kappa shape index (κ1) is 130. The molecule has 9 fully saturated rings. The topological polar surface area (TPSA) is 791 Å². The third-order valence-corrected chi connectivity index (χ3v) is 29.3. The van der Waals surface area contributed by atoms with Gasteiger partial charge in [0.15, 0.2) is 56.6 Å². The number of carbonyl (C=O) groups is 2. The molecule has 0 aromatic rings. The summed E-state index contributed by atoms with van der Waals surface area (Å²) in [5.41, 5.74) is 0. The number of rotatable bonds is 67. The zero-order valence-corrected chi connectivity index (χ0v) is 86.2. The van der Waals surface area contributed by atoms with Gasteiger partial charge in [0.25, 0.3) is 0 Å². The number of aliphatic hydroxyl groups is 28. The van der Waals surface area contributed by atoms with Gasteiger partial charge in [-0.15, -0.1) is 0 Å². The first-order valence-corrected chi connectivity index (χ1v) is 54.2. The number of hydrogen-bond donors (Lipinski definition) is 30. The summed E-state index contributed by atoms with van der Waals surface area (Å²) in [6.07, 6.45) is -47.2. The average molecular weight is 2180 g/mol. The first-order valence-electron chi connectivity index (χ1n) is 54.2. The van der Waals surface area contributed by atoms with Gasteiger partial charge in [-0.25, -0.2) is 0 Å². The van der Waals surface area contributed by atoms with Crippen molar-refractivity contribution >= 4 is 11.8 Å². The summed E-state index contributed by atoms with van der Waals surface area (Å²) in [7, 11) is 0. The van der Waals surface area contributed by atoms with E-state index in [0.717, 1.165) is 71.1 Å². The molecule has 47 atom stereocenters. The predicted octanol–water partition coefficient (Wildman–Crippen LogP) is -6.20. The third-order valence-electron chi connectivity index (χ3n) is 29.3. The molecular weight excluding hydrogens is 2000 g/mol. The highest BCUT2D eigenvalue weighted by Gasteiger charge is 2.62. The second-order valence-electron chi connectivity index (χ2n) is 40.8. The van der Waals surface area contributed by atoms with Crippen molar-refractivity contribution in [1.29, 1.82) is 0 Å². The number of carbonyl (C=O) groups excluding carboxylic acids is 2. The molecule has 9 rings (SSSR count). The van der Waals surface area contributed by atoms with E-state index >= 15 is 0 Å². The highest BCUT2D eigenvalue weighted by atomic mass is 16.8. The molecule has 150 heavy (non-hydrogen) atoms. The minimum Gasteiger partial charge on any atom is -0.394 e. The molecule has 2 amide bonds. The Hall–Kier alpha value is -3.42. The largest absolute Gasteiger partial charge is 0.394 e. The Labute approximate surface area is 874 Å². The molecule has 0 saturated carbocycles. The highest BCUT2D eigenvalue weighted by molar-refractivity contribution is 5.76. The lowest BCUT2D eigenvalue weighted by atomic mass is 9.94. The van der Waals surface area contributed by atoms with Gasteiger partial charge < -0.3 is 239 Å². The van der Waals surface area contributed by atoms with Crippen LogP contribution in [0.4, 0.5) is 0 Å². The van der Waals surface area contributed by atoms with E-state index in [9.17, 15) is 153 Å². The normalized spacial score (nSPS) is 40.2. The number of allylic oxidation sites excluding steroid dienone is 3. The monoisotopic (exact) mass is 2180 g/mol. The van der Waals surface area contributed by atoms with Gasteiger partial charge in [-0.2, -0.15) is 0 Å². The van der Waals surface area contributed by atoms with E-state index in [-0.39, 0.29) is 12.3 Å². The molecule has 876 valence electrons. The number of amides is 2. The van der Waals surface area contributed by atoms with E-state index in [1.54, 1.807) is 6.08 Å². The number of unbranched alkanes of at least 4 members (excludes halogenated alkanes) is 30. The lowest BCUT2D eigenvalue weighted by molar-refractivity contribution is -0.402. The lowest BCUT2D eigenvalue weighted by Crippen LogP contribution is -2.69. The molecule has 9 aliphatic heterocycles. The van der Waals surface area contributed by atoms with Crippen LogP contribution in [0, 0.1) is 0 Å². The van der Waals surface area contributed by atoms with Crippen molar-refractivity contribution in [2.75, 3.05) is 66.1 Å². The molecule has 9 saturated heterocycles. The fourth-order valence-electron chi connectivity index (χ4n) is 20.2. The Balaban J connectivity index is 0.784.